The Kier molecular flexibility index (Phi) is 5.35. The summed E-state index contributed by atoms with van der Waals surface area (Å²) in [7, 11) is -3.22. The monoisotopic (exact) mass is 432 g/mol. The molecule has 28 heavy (non-hydrogen) atoms. The van der Waals surface area contributed by atoms with E-state index in [0.29, 0.717) is 6.54 Å². The smallest absolute Gasteiger partial charge is 0.254 e. The highest BCUT2D eigenvalue weighted by Crippen LogP contribution is 2.38. The molecular weight excluding hydrogens is 412 g/mol. The number of amides is 1. The summed E-state index contributed by atoms with van der Waals surface area (Å²) in [5.74, 6) is 1.90. The Morgan fingerprint density at radius 2 is 1.89 bits per heavy atom. The molecule has 0 saturated heterocycles. The first-order chi connectivity index (χ1) is 13.4. The molecule has 1 aliphatic heterocycles. The van der Waals surface area contributed by atoms with Crippen LogP contribution in [-0.2, 0) is 28.6 Å². The number of fused-ring (bicyclic) bond motifs is 1. The lowest BCUT2D eigenvalue weighted by Gasteiger charge is -2.13. The van der Waals surface area contributed by atoms with Crippen LogP contribution in [0.4, 0.5) is 0 Å². The Hall–Kier alpha value is -2.03. The molecule has 146 valence electrons. The number of nitrogens with zero attached hydrogens (tertiary/aromatic N) is 1. The van der Waals surface area contributed by atoms with E-state index in [2.05, 4.69) is 5.32 Å². The number of thioether (sulfide) groups is 1. The van der Waals surface area contributed by atoms with Crippen molar-refractivity contribution in [3.63, 3.8) is 0 Å². The molecule has 0 bridgehead atoms. The number of nitrogens with one attached hydrogen (secondary N) is 1. The number of benzene rings is 1. The third kappa shape index (κ3) is 3.90. The van der Waals surface area contributed by atoms with Crippen LogP contribution in [0.3, 0.4) is 0 Å². The van der Waals surface area contributed by atoms with Crippen molar-refractivity contribution in [1.82, 2.24) is 9.88 Å². The maximum Gasteiger partial charge on any atom is 0.254 e. The third-order valence-corrected chi connectivity index (χ3v) is 8.21. The van der Waals surface area contributed by atoms with Gasteiger partial charge in [0, 0.05) is 35.8 Å². The normalized spacial score (nSPS) is 13.9. The minimum absolute atomic E-state index is 0.0831. The first kappa shape index (κ1) is 19.3. The quantitative estimate of drug-likeness (QED) is 0.668. The maximum atomic E-state index is 13.1. The second-order valence-electron chi connectivity index (χ2n) is 6.68. The molecule has 0 fully saturated rings. The van der Waals surface area contributed by atoms with Crippen LogP contribution >= 0.6 is 23.1 Å². The lowest BCUT2D eigenvalue weighted by atomic mass is 10.1. The first-order valence-corrected chi connectivity index (χ1v) is 12.7. The molecule has 1 aromatic carbocycles. The van der Waals surface area contributed by atoms with Gasteiger partial charge in [-0.2, -0.15) is 11.8 Å². The van der Waals surface area contributed by atoms with Crippen LogP contribution in [0.2, 0.25) is 0 Å². The lowest BCUT2D eigenvalue weighted by Crippen LogP contribution is -2.25. The molecule has 0 atom stereocenters. The predicted molar refractivity (Wildman–Crippen MR) is 114 cm³/mol. The summed E-state index contributed by atoms with van der Waals surface area (Å²) in [6.07, 6.45) is 6.02. The molecule has 1 amide bonds. The highest BCUT2D eigenvalue weighted by Gasteiger charge is 2.26. The fourth-order valence-electron chi connectivity index (χ4n) is 3.23. The molecule has 3 aromatic rings. The Morgan fingerprint density at radius 3 is 2.57 bits per heavy atom. The average molecular weight is 433 g/mol. The predicted octanol–water partition coefficient (Wildman–Crippen LogP) is 3.66. The molecule has 0 radical (unpaired) electrons. The molecule has 0 unspecified atom stereocenters. The van der Waals surface area contributed by atoms with Gasteiger partial charge in [-0.25, -0.2) is 8.42 Å². The molecule has 5 nitrogen and oxygen atoms in total. The number of aromatic nitrogens is 1. The van der Waals surface area contributed by atoms with Crippen LogP contribution in [0.5, 0.6) is 0 Å². The Morgan fingerprint density at radius 1 is 1.18 bits per heavy atom. The van der Waals surface area contributed by atoms with Gasteiger partial charge in [0.15, 0.2) is 9.84 Å². The van der Waals surface area contributed by atoms with Crippen molar-refractivity contribution in [2.45, 2.75) is 23.6 Å². The number of rotatable bonds is 5. The summed E-state index contributed by atoms with van der Waals surface area (Å²) >= 11 is 3.59. The molecule has 0 spiro atoms. The summed E-state index contributed by atoms with van der Waals surface area (Å²) < 4.78 is 25.2. The van der Waals surface area contributed by atoms with E-state index in [9.17, 15) is 13.2 Å². The number of hydrogen-bond donors (Lipinski definition) is 1. The van der Waals surface area contributed by atoms with Crippen molar-refractivity contribution < 1.29 is 13.2 Å². The van der Waals surface area contributed by atoms with Crippen molar-refractivity contribution in [2.24, 2.45) is 0 Å². The van der Waals surface area contributed by atoms with E-state index >= 15 is 0 Å². The zero-order chi connectivity index (χ0) is 19.7. The average Bonchev–Trinajstić information content (AvgIpc) is 3.33. The van der Waals surface area contributed by atoms with Gasteiger partial charge in [0.2, 0.25) is 0 Å². The van der Waals surface area contributed by atoms with Crippen LogP contribution in [0.25, 0.3) is 5.00 Å². The fraction of sp³-hybridized carbons (Fsp3) is 0.250. The van der Waals surface area contributed by atoms with Crippen LogP contribution in [0.1, 0.15) is 26.4 Å². The van der Waals surface area contributed by atoms with E-state index < -0.39 is 9.84 Å². The number of sulfone groups is 1. The fourth-order valence-corrected chi connectivity index (χ4v) is 6.30. The standard InChI is InChI=1S/C20H20N2O3S3/c1-28(24,25)15-6-4-14(5-7-15)12-21-19(23)18-16-8-11-26-13-17(16)27-20(18)22-9-2-3-10-22/h2-7,9-10H,8,11-13H2,1H3,(H,21,23). The van der Waals surface area contributed by atoms with E-state index in [4.69, 9.17) is 0 Å². The van der Waals surface area contributed by atoms with Gasteiger partial charge in [0.05, 0.1) is 10.5 Å². The van der Waals surface area contributed by atoms with Crippen molar-refractivity contribution in [3.8, 4) is 5.00 Å². The van der Waals surface area contributed by atoms with Gasteiger partial charge in [-0.3, -0.25) is 4.79 Å². The second-order valence-corrected chi connectivity index (χ2v) is 10.9. The Balaban J connectivity index is 1.57. The highest BCUT2D eigenvalue weighted by atomic mass is 32.2. The van der Waals surface area contributed by atoms with Gasteiger partial charge in [0.1, 0.15) is 5.00 Å². The number of hydrogen-bond acceptors (Lipinski definition) is 5. The van der Waals surface area contributed by atoms with E-state index in [1.165, 1.54) is 11.1 Å². The number of carbonyl (C=O) groups is 1. The third-order valence-electron chi connectivity index (χ3n) is 4.67. The maximum absolute atomic E-state index is 13.1. The van der Waals surface area contributed by atoms with Crippen molar-refractivity contribution in [3.05, 3.63) is 70.4 Å². The van der Waals surface area contributed by atoms with Gasteiger partial charge >= 0.3 is 0 Å². The lowest BCUT2D eigenvalue weighted by molar-refractivity contribution is 0.0950. The number of thiophene rings is 1. The van der Waals surface area contributed by atoms with Gasteiger partial charge < -0.3 is 9.88 Å². The van der Waals surface area contributed by atoms with E-state index in [0.717, 1.165) is 39.6 Å². The number of carbonyl (C=O) groups excluding carboxylic acids is 1. The van der Waals surface area contributed by atoms with Crippen molar-refractivity contribution in [1.29, 1.82) is 0 Å². The molecule has 2 aromatic heterocycles. The second kappa shape index (κ2) is 7.77. The Labute approximate surface area is 172 Å². The summed E-state index contributed by atoms with van der Waals surface area (Å²) in [4.78, 5) is 14.6. The molecule has 4 rings (SSSR count). The zero-order valence-electron chi connectivity index (χ0n) is 15.3. The highest BCUT2D eigenvalue weighted by molar-refractivity contribution is 7.98. The molecule has 0 saturated carbocycles. The van der Waals surface area contributed by atoms with Crippen LogP contribution in [0, 0.1) is 0 Å². The summed E-state index contributed by atoms with van der Waals surface area (Å²) in [6, 6.07) is 10.5. The molecule has 0 aliphatic carbocycles. The Bertz CT molecular complexity index is 1100. The van der Waals surface area contributed by atoms with Crippen molar-refractivity contribution in [2.75, 3.05) is 12.0 Å². The van der Waals surface area contributed by atoms with E-state index in [-0.39, 0.29) is 10.8 Å². The topological polar surface area (TPSA) is 68.2 Å². The molecule has 1 N–H and O–H groups in total. The molecule has 8 heteroatoms. The van der Waals surface area contributed by atoms with Crippen LogP contribution < -0.4 is 5.32 Å². The van der Waals surface area contributed by atoms with Gasteiger partial charge in [-0.15, -0.1) is 11.3 Å². The first-order valence-electron chi connectivity index (χ1n) is 8.86. The van der Waals surface area contributed by atoms with Gasteiger partial charge in [0.25, 0.3) is 5.91 Å². The van der Waals surface area contributed by atoms with Crippen LogP contribution in [-0.4, -0.2) is 30.9 Å². The summed E-state index contributed by atoms with van der Waals surface area (Å²) in [5.41, 5.74) is 2.80. The van der Waals surface area contributed by atoms with Gasteiger partial charge in [-0.05, 0) is 47.6 Å². The van der Waals surface area contributed by atoms with E-state index in [1.54, 1.807) is 35.6 Å². The minimum Gasteiger partial charge on any atom is -0.348 e. The van der Waals surface area contributed by atoms with Crippen LogP contribution in [0.15, 0.2) is 53.7 Å². The SMILES string of the molecule is CS(=O)(=O)c1ccc(CNC(=O)c2c(-n3cccc3)sc3c2CCSC3)cc1. The van der Waals surface area contributed by atoms with E-state index in [1.807, 2.05) is 40.9 Å². The molecule has 1 aliphatic rings. The minimum atomic E-state index is -3.22. The largest absolute Gasteiger partial charge is 0.348 e. The molecule has 3 heterocycles. The summed E-state index contributed by atoms with van der Waals surface area (Å²) in [5, 5.41) is 3.97. The molecular formula is C20H20N2O3S3. The zero-order valence-corrected chi connectivity index (χ0v) is 17.8. The van der Waals surface area contributed by atoms with Crippen molar-refractivity contribution >= 4 is 38.8 Å². The summed E-state index contributed by atoms with van der Waals surface area (Å²) in [6.45, 7) is 0.355. The van der Waals surface area contributed by atoms with Gasteiger partial charge in [-0.1, -0.05) is 12.1 Å².